The SMILES string of the molecule is CC/C=C\C/C=C\C/C=C\C/C=C\C/C=C\CCCC(=O)OC(COC(=O)CCCCCCCC/C=C\C/C=C\C/C=C\CCCCC)COP(=O)(O)OCC(O)COP(=O)(O)OCC(COC(=O)CCCCCC/C=C\C/C=C\C/C=C\C/C=C\CC)OC(=O)CCCCCCC/C=C\CCCCCC. The highest BCUT2D eigenvalue weighted by molar-refractivity contribution is 7.47. The molecule has 0 aliphatic heterocycles. The van der Waals surface area contributed by atoms with E-state index in [2.05, 4.69) is 174 Å². The zero-order valence-corrected chi connectivity index (χ0v) is 67.8. The van der Waals surface area contributed by atoms with Gasteiger partial charge in [0, 0.05) is 25.7 Å². The van der Waals surface area contributed by atoms with Gasteiger partial charge in [0.25, 0.3) is 0 Å². The molecule has 0 aromatic rings. The van der Waals surface area contributed by atoms with Crippen LogP contribution in [0, 0.1) is 0 Å². The van der Waals surface area contributed by atoms with Gasteiger partial charge >= 0.3 is 39.5 Å². The number of aliphatic hydroxyl groups excluding tert-OH is 1. The van der Waals surface area contributed by atoms with Gasteiger partial charge in [0.05, 0.1) is 26.4 Å². The van der Waals surface area contributed by atoms with E-state index in [-0.39, 0.29) is 25.7 Å². The van der Waals surface area contributed by atoms with Crippen LogP contribution >= 0.6 is 15.6 Å². The molecule has 0 amide bonds. The van der Waals surface area contributed by atoms with Crippen molar-refractivity contribution >= 4 is 39.5 Å². The van der Waals surface area contributed by atoms with Crippen LogP contribution in [0.3, 0.4) is 0 Å². The number of phosphoric ester groups is 2. The lowest BCUT2D eigenvalue weighted by Gasteiger charge is -2.21. The number of aliphatic hydroxyl groups is 1. The molecule has 0 heterocycles. The van der Waals surface area contributed by atoms with Crippen LogP contribution in [0.5, 0.6) is 0 Å². The summed E-state index contributed by atoms with van der Waals surface area (Å²) in [5.74, 6) is -2.30. The van der Waals surface area contributed by atoms with Crippen molar-refractivity contribution in [3.05, 3.63) is 158 Å². The number of phosphoric acid groups is 2. The summed E-state index contributed by atoms with van der Waals surface area (Å²) >= 11 is 0. The first-order valence-corrected chi connectivity index (χ1v) is 43.7. The van der Waals surface area contributed by atoms with E-state index < -0.39 is 97.5 Å². The molecule has 0 spiro atoms. The molecule has 604 valence electrons. The van der Waals surface area contributed by atoms with Crippen molar-refractivity contribution in [3.8, 4) is 0 Å². The standard InChI is InChI=1S/C87H144O17P2/c1-5-9-13-17-21-25-29-33-36-39-40-43-45-49-52-56-60-64-68-72-85(90)98-78-83(104-87(92)74-70-66-62-58-54-50-46-42-38-35-31-27-23-19-15-11-7-3)80-102-106(95,96)100-76-81(88)75-99-105(93,94)101-79-82(103-86(91)73-69-65-61-57-53-47-32-28-24-20-16-12-8-4)77-97-84(89)71-67-63-59-55-51-48-44-41-37-34-30-26-22-18-14-10-6-2/h10-11,14-15,21-23,25-28,32-38,40,43-44,46,48,50,58,62,81-83,88H,5-9,12-13,16-20,24,29-31,39,41-42,45,47,49,51-57,59-61,63-80H2,1-4H3,(H,93,94)(H,95,96)/b14-10-,15-11-,25-21-,26-22-,27-23-,32-28-,36-33-,37-34-,38-35-,43-40-,48-44-,50-46-,62-58-. The van der Waals surface area contributed by atoms with Gasteiger partial charge in [-0.25, -0.2) is 9.13 Å². The maximum absolute atomic E-state index is 13.1. The molecular formula is C87H144O17P2. The van der Waals surface area contributed by atoms with Crippen LogP contribution in [0.25, 0.3) is 0 Å². The van der Waals surface area contributed by atoms with Gasteiger partial charge < -0.3 is 33.8 Å². The van der Waals surface area contributed by atoms with Crippen molar-refractivity contribution in [2.75, 3.05) is 39.6 Å². The monoisotopic (exact) mass is 1520 g/mol. The van der Waals surface area contributed by atoms with E-state index in [1.807, 2.05) is 12.2 Å². The van der Waals surface area contributed by atoms with E-state index in [0.29, 0.717) is 32.1 Å². The highest BCUT2D eigenvalue weighted by atomic mass is 31.2. The molecule has 0 aromatic carbocycles. The smallest absolute Gasteiger partial charge is 0.462 e. The summed E-state index contributed by atoms with van der Waals surface area (Å²) in [5.41, 5.74) is 0. The predicted molar refractivity (Wildman–Crippen MR) is 436 cm³/mol. The number of hydrogen-bond donors (Lipinski definition) is 3. The lowest BCUT2D eigenvalue weighted by atomic mass is 10.1. The molecule has 0 aliphatic rings. The summed E-state index contributed by atoms with van der Waals surface area (Å²) in [6, 6.07) is 0. The summed E-state index contributed by atoms with van der Waals surface area (Å²) in [6.45, 7) is 4.49. The van der Waals surface area contributed by atoms with Crippen molar-refractivity contribution in [3.63, 3.8) is 0 Å². The summed E-state index contributed by atoms with van der Waals surface area (Å²) in [4.78, 5) is 73.1. The Bertz CT molecular complexity index is 2630. The average molecular weight is 1520 g/mol. The maximum atomic E-state index is 13.1. The van der Waals surface area contributed by atoms with E-state index in [1.54, 1.807) is 0 Å². The lowest BCUT2D eigenvalue weighted by Crippen LogP contribution is -2.30. The van der Waals surface area contributed by atoms with Crippen molar-refractivity contribution < 1.29 is 80.2 Å². The number of carbonyl (C=O) groups excluding carboxylic acids is 4. The molecule has 0 aliphatic carbocycles. The Labute approximate surface area is 642 Å². The number of allylic oxidation sites excluding steroid dienone is 26. The quantitative estimate of drug-likeness (QED) is 0.0169. The summed E-state index contributed by atoms with van der Waals surface area (Å²) < 4.78 is 68.6. The van der Waals surface area contributed by atoms with Gasteiger partial charge in [-0.15, -0.1) is 0 Å². The molecular weight excluding hydrogens is 1380 g/mol. The van der Waals surface area contributed by atoms with Crippen molar-refractivity contribution in [1.29, 1.82) is 0 Å². The summed E-state index contributed by atoms with van der Waals surface area (Å²) in [5, 5.41) is 10.6. The first kappa shape index (κ1) is 101. The van der Waals surface area contributed by atoms with Crippen molar-refractivity contribution in [2.45, 2.75) is 329 Å². The fourth-order valence-corrected chi connectivity index (χ4v) is 11.9. The van der Waals surface area contributed by atoms with Crippen LogP contribution in [-0.2, 0) is 65.4 Å². The Balaban J connectivity index is 5.45. The van der Waals surface area contributed by atoms with Crippen molar-refractivity contribution in [2.24, 2.45) is 0 Å². The number of carbonyl (C=O) groups is 4. The second-order valence-electron chi connectivity index (χ2n) is 26.6. The molecule has 0 rings (SSSR count). The Morgan fingerprint density at radius 3 is 0.821 bits per heavy atom. The average Bonchev–Trinajstić information content (AvgIpc) is 0.899. The molecule has 5 unspecified atom stereocenters. The zero-order chi connectivity index (χ0) is 77.4. The predicted octanol–water partition coefficient (Wildman–Crippen LogP) is 24.0. The highest BCUT2D eigenvalue weighted by Crippen LogP contribution is 2.45. The van der Waals surface area contributed by atoms with Crippen LogP contribution < -0.4 is 0 Å². The molecule has 0 radical (unpaired) electrons. The Morgan fingerprint density at radius 2 is 0.500 bits per heavy atom. The molecule has 17 nitrogen and oxygen atoms in total. The van der Waals surface area contributed by atoms with E-state index in [1.165, 1.54) is 44.9 Å². The normalized spacial score (nSPS) is 14.7. The largest absolute Gasteiger partial charge is 0.472 e. The van der Waals surface area contributed by atoms with Gasteiger partial charge in [0.1, 0.15) is 19.3 Å². The van der Waals surface area contributed by atoms with E-state index in [0.717, 1.165) is 180 Å². The first-order valence-electron chi connectivity index (χ1n) is 40.7. The molecule has 0 saturated heterocycles. The van der Waals surface area contributed by atoms with Gasteiger partial charge in [-0.05, 0) is 167 Å². The molecule has 0 bridgehead atoms. The third-order valence-corrected chi connectivity index (χ3v) is 18.4. The van der Waals surface area contributed by atoms with Gasteiger partial charge in [-0.1, -0.05) is 276 Å². The van der Waals surface area contributed by atoms with Gasteiger partial charge in [-0.2, -0.15) is 0 Å². The van der Waals surface area contributed by atoms with Crippen LogP contribution in [0.4, 0.5) is 0 Å². The second-order valence-corrected chi connectivity index (χ2v) is 29.5. The van der Waals surface area contributed by atoms with Crippen molar-refractivity contribution in [1.82, 2.24) is 0 Å². The lowest BCUT2D eigenvalue weighted by molar-refractivity contribution is -0.161. The topological polar surface area (TPSA) is 237 Å². The van der Waals surface area contributed by atoms with E-state index >= 15 is 0 Å². The number of ether oxygens (including phenoxy) is 4. The molecule has 0 fully saturated rings. The minimum Gasteiger partial charge on any atom is -0.462 e. The van der Waals surface area contributed by atoms with E-state index in [9.17, 15) is 43.2 Å². The number of unbranched alkanes of at least 4 members (excludes halogenated alkanes) is 23. The molecule has 106 heavy (non-hydrogen) atoms. The molecule has 19 heteroatoms. The third-order valence-electron chi connectivity index (χ3n) is 16.5. The van der Waals surface area contributed by atoms with Crippen LogP contribution in [0.2, 0.25) is 0 Å². The minimum atomic E-state index is -5.01. The maximum Gasteiger partial charge on any atom is 0.472 e. The Kier molecular flexibility index (Phi) is 73.9. The van der Waals surface area contributed by atoms with Crippen LogP contribution in [0.15, 0.2) is 158 Å². The van der Waals surface area contributed by atoms with Gasteiger partial charge in [-0.3, -0.25) is 37.3 Å². The van der Waals surface area contributed by atoms with Crippen LogP contribution in [-0.4, -0.2) is 96.7 Å². The zero-order valence-electron chi connectivity index (χ0n) is 66.1. The molecule has 0 saturated carbocycles. The third kappa shape index (κ3) is 76.9. The fraction of sp³-hybridized carbons (Fsp3) is 0.655. The van der Waals surface area contributed by atoms with E-state index in [4.69, 9.17) is 37.0 Å². The van der Waals surface area contributed by atoms with Crippen LogP contribution in [0.1, 0.15) is 310 Å². The highest BCUT2D eigenvalue weighted by Gasteiger charge is 2.30. The minimum absolute atomic E-state index is 0.00825. The summed E-state index contributed by atoms with van der Waals surface area (Å²) in [6.07, 6.45) is 90.8. The molecule has 3 N–H and O–H groups in total. The van der Waals surface area contributed by atoms with Gasteiger partial charge in [0.2, 0.25) is 0 Å². The fourth-order valence-electron chi connectivity index (χ4n) is 10.3. The second kappa shape index (κ2) is 77.8. The Hall–Kier alpha value is -5.32. The molecule has 0 aromatic heterocycles. The number of rotatable bonds is 75. The number of hydrogen-bond acceptors (Lipinski definition) is 15. The summed E-state index contributed by atoms with van der Waals surface area (Å²) in [7, 11) is -10.0. The molecule has 5 atom stereocenters. The number of esters is 4. The van der Waals surface area contributed by atoms with Gasteiger partial charge in [0.15, 0.2) is 12.2 Å². The first-order chi connectivity index (χ1) is 51.7. The Morgan fingerprint density at radius 1 is 0.274 bits per heavy atom.